The number of rotatable bonds is 11. The molecule has 1 atom stereocenters. The Morgan fingerprint density at radius 3 is 2.89 bits per heavy atom. The third-order valence-electron chi connectivity index (χ3n) is 4.99. The number of esters is 1. The zero-order chi connectivity index (χ0) is 19.6. The van der Waals surface area contributed by atoms with E-state index in [9.17, 15) is 4.79 Å². The molecule has 152 valence electrons. The van der Waals surface area contributed by atoms with Crippen LogP contribution in [-0.4, -0.2) is 55.2 Å². The molecule has 0 saturated carbocycles. The molecule has 0 radical (unpaired) electrons. The summed E-state index contributed by atoms with van der Waals surface area (Å²) in [5.74, 6) is 1.34. The Morgan fingerprint density at radius 1 is 1.33 bits per heavy atom. The first-order valence-electron chi connectivity index (χ1n) is 10.3. The van der Waals surface area contributed by atoms with E-state index in [1.807, 2.05) is 0 Å². The van der Waals surface area contributed by atoms with Crippen LogP contribution in [0.4, 0.5) is 5.82 Å². The summed E-state index contributed by atoms with van der Waals surface area (Å²) in [6, 6.07) is 3.87. The number of hydrogen-bond donors (Lipinski definition) is 2. The fourth-order valence-corrected chi connectivity index (χ4v) is 3.55. The predicted octanol–water partition coefficient (Wildman–Crippen LogP) is 2.61. The number of unbranched alkanes of at least 4 members (excludes halogenated alkanes) is 1. The van der Waals surface area contributed by atoms with Crippen LogP contribution >= 0.6 is 0 Å². The van der Waals surface area contributed by atoms with Crippen molar-refractivity contribution in [1.82, 2.24) is 9.88 Å². The summed E-state index contributed by atoms with van der Waals surface area (Å²) in [7, 11) is 1.39. The smallest absolute Gasteiger partial charge is 0.322 e. The van der Waals surface area contributed by atoms with E-state index in [1.165, 1.54) is 24.8 Å². The lowest BCUT2D eigenvalue weighted by Crippen LogP contribution is -2.38. The summed E-state index contributed by atoms with van der Waals surface area (Å²) in [5.41, 5.74) is 8.39. The van der Waals surface area contributed by atoms with Gasteiger partial charge in [0.15, 0.2) is 0 Å². The summed E-state index contributed by atoms with van der Waals surface area (Å²) in [4.78, 5) is 18.7. The zero-order valence-corrected chi connectivity index (χ0v) is 17.2. The molecule has 1 aliphatic rings. The molecule has 6 heteroatoms. The molecule has 0 fully saturated rings. The average molecular weight is 377 g/mol. The Bertz CT molecular complexity index is 592. The Labute approximate surface area is 163 Å². The lowest BCUT2D eigenvalue weighted by Gasteiger charge is -2.25. The van der Waals surface area contributed by atoms with Gasteiger partial charge in [0.25, 0.3) is 0 Å². The van der Waals surface area contributed by atoms with Crippen LogP contribution < -0.4 is 11.1 Å². The highest BCUT2D eigenvalue weighted by Gasteiger charge is 2.16. The van der Waals surface area contributed by atoms with Crippen molar-refractivity contribution in [2.45, 2.75) is 58.4 Å². The number of nitrogens with zero attached hydrogens (tertiary/aromatic N) is 2. The van der Waals surface area contributed by atoms with Crippen molar-refractivity contribution in [1.29, 1.82) is 0 Å². The van der Waals surface area contributed by atoms with Crippen LogP contribution in [-0.2, 0) is 22.4 Å². The predicted molar refractivity (Wildman–Crippen MR) is 110 cm³/mol. The maximum Gasteiger partial charge on any atom is 0.322 e. The van der Waals surface area contributed by atoms with E-state index in [4.69, 9.17) is 15.5 Å². The Balaban J connectivity index is 1.75. The van der Waals surface area contributed by atoms with E-state index < -0.39 is 6.04 Å². The van der Waals surface area contributed by atoms with Crippen molar-refractivity contribution in [2.24, 2.45) is 11.7 Å². The van der Waals surface area contributed by atoms with Gasteiger partial charge in [-0.25, -0.2) is 4.98 Å². The topological polar surface area (TPSA) is 80.5 Å². The fourth-order valence-electron chi connectivity index (χ4n) is 3.55. The summed E-state index contributed by atoms with van der Waals surface area (Å²) < 4.78 is 4.72. The van der Waals surface area contributed by atoms with Crippen molar-refractivity contribution in [2.75, 3.05) is 38.6 Å². The van der Waals surface area contributed by atoms with Gasteiger partial charge in [0.1, 0.15) is 11.9 Å². The monoisotopic (exact) mass is 376 g/mol. The second kappa shape index (κ2) is 11.2. The highest BCUT2D eigenvalue weighted by molar-refractivity contribution is 5.75. The van der Waals surface area contributed by atoms with E-state index in [-0.39, 0.29) is 5.97 Å². The van der Waals surface area contributed by atoms with Crippen LogP contribution in [0.3, 0.4) is 0 Å². The van der Waals surface area contributed by atoms with Gasteiger partial charge < -0.3 is 20.7 Å². The average Bonchev–Trinajstić information content (AvgIpc) is 2.67. The number of methoxy groups -OCH3 is 1. The number of ether oxygens (including phenoxy) is 1. The minimum absolute atomic E-state index is 0.327. The maximum absolute atomic E-state index is 11.5. The number of fused-ring (bicyclic) bond motifs is 1. The minimum Gasteiger partial charge on any atom is -0.468 e. The maximum atomic E-state index is 11.5. The molecule has 0 saturated heterocycles. The minimum atomic E-state index is -0.531. The van der Waals surface area contributed by atoms with Gasteiger partial charge in [-0.1, -0.05) is 19.9 Å². The van der Waals surface area contributed by atoms with Crippen LogP contribution in [0.1, 0.15) is 50.8 Å². The zero-order valence-electron chi connectivity index (χ0n) is 17.2. The van der Waals surface area contributed by atoms with Gasteiger partial charge in [-0.2, -0.15) is 0 Å². The van der Waals surface area contributed by atoms with Gasteiger partial charge in [-0.3, -0.25) is 4.79 Å². The number of carbonyl (C=O) groups is 1. The number of carbonyl (C=O) groups excluding carboxylic acids is 1. The largest absolute Gasteiger partial charge is 0.468 e. The molecule has 2 heterocycles. The Kier molecular flexibility index (Phi) is 9.01. The molecule has 1 aromatic heterocycles. The molecule has 3 N–H and O–H groups in total. The molecule has 0 bridgehead atoms. The van der Waals surface area contributed by atoms with Crippen molar-refractivity contribution in [3.8, 4) is 0 Å². The molecule has 27 heavy (non-hydrogen) atoms. The van der Waals surface area contributed by atoms with Crippen LogP contribution in [0.15, 0.2) is 12.1 Å². The second-order valence-electron chi connectivity index (χ2n) is 7.91. The molecule has 0 spiro atoms. The standard InChI is InChI=1S/C21H36N4O2/c1-16(2)15-25(14-11-19(22)21(26)27-3)13-5-4-8-18-10-9-17-7-6-12-23-20(17)24-18/h9-10,16,19H,4-8,11-15,22H2,1-3H3,(H,23,24)/t19-/m0/s1. The molecule has 1 aliphatic heterocycles. The number of pyridine rings is 1. The van der Waals surface area contributed by atoms with Gasteiger partial charge in [-0.15, -0.1) is 0 Å². The quantitative estimate of drug-likeness (QED) is 0.456. The first-order chi connectivity index (χ1) is 13.0. The van der Waals surface area contributed by atoms with E-state index in [0.29, 0.717) is 12.3 Å². The lowest BCUT2D eigenvalue weighted by atomic mass is 10.1. The third kappa shape index (κ3) is 7.46. The summed E-state index contributed by atoms with van der Waals surface area (Å²) in [5, 5.41) is 3.41. The van der Waals surface area contributed by atoms with Crippen molar-refractivity contribution < 1.29 is 9.53 Å². The van der Waals surface area contributed by atoms with Crippen LogP contribution in [0, 0.1) is 5.92 Å². The molecule has 2 rings (SSSR count). The molecule has 0 aliphatic carbocycles. The number of aromatic nitrogens is 1. The first-order valence-corrected chi connectivity index (χ1v) is 10.3. The molecular formula is C21H36N4O2. The molecule has 0 amide bonds. The van der Waals surface area contributed by atoms with Gasteiger partial charge in [0.2, 0.25) is 0 Å². The summed E-state index contributed by atoms with van der Waals surface area (Å²) in [6.45, 7) is 8.34. The number of aryl methyl sites for hydroxylation is 2. The number of hydrogen-bond acceptors (Lipinski definition) is 6. The lowest BCUT2D eigenvalue weighted by molar-refractivity contribution is -0.142. The number of nitrogens with two attached hydrogens (primary N) is 1. The van der Waals surface area contributed by atoms with E-state index in [1.54, 1.807) is 0 Å². The fraction of sp³-hybridized carbons (Fsp3) is 0.714. The molecule has 1 aromatic rings. The van der Waals surface area contributed by atoms with Crippen molar-refractivity contribution in [3.05, 3.63) is 23.4 Å². The van der Waals surface area contributed by atoms with Crippen molar-refractivity contribution >= 4 is 11.8 Å². The Hall–Kier alpha value is -1.66. The van der Waals surface area contributed by atoms with Gasteiger partial charge in [0.05, 0.1) is 7.11 Å². The summed E-state index contributed by atoms with van der Waals surface area (Å²) in [6.07, 6.45) is 6.20. The second-order valence-corrected chi connectivity index (χ2v) is 7.91. The van der Waals surface area contributed by atoms with Crippen LogP contribution in [0.25, 0.3) is 0 Å². The van der Waals surface area contributed by atoms with E-state index in [0.717, 1.165) is 57.7 Å². The Morgan fingerprint density at radius 2 is 2.15 bits per heavy atom. The van der Waals surface area contributed by atoms with E-state index >= 15 is 0 Å². The molecule has 0 aromatic carbocycles. The highest BCUT2D eigenvalue weighted by atomic mass is 16.5. The highest BCUT2D eigenvalue weighted by Crippen LogP contribution is 2.20. The van der Waals surface area contributed by atoms with Gasteiger partial charge in [-0.05, 0) is 62.6 Å². The van der Waals surface area contributed by atoms with E-state index in [2.05, 4.69) is 36.2 Å². The third-order valence-corrected chi connectivity index (χ3v) is 4.99. The summed E-state index contributed by atoms with van der Waals surface area (Å²) >= 11 is 0. The number of nitrogens with one attached hydrogen (secondary N) is 1. The SMILES string of the molecule is COC(=O)[C@@H](N)CCN(CCCCc1ccc2c(n1)NCCC2)CC(C)C. The van der Waals surface area contributed by atoms with Crippen LogP contribution in [0.5, 0.6) is 0 Å². The van der Waals surface area contributed by atoms with Gasteiger partial charge in [0, 0.05) is 25.3 Å². The van der Waals surface area contributed by atoms with Crippen molar-refractivity contribution in [3.63, 3.8) is 0 Å². The first kappa shape index (κ1) is 21.6. The number of anilines is 1. The molecule has 6 nitrogen and oxygen atoms in total. The normalized spacial score (nSPS) is 14.7. The van der Waals surface area contributed by atoms with Gasteiger partial charge >= 0.3 is 5.97 Å². The molecule has 0 unspecified atom stereocenters. The molecular weight excluding hydrogens is 340 g/mol. The van der Waals surface area contributed by atoms with Crippen LogP contribution in [0.2, 0.25) is 0 Å².